The minimum Gasteiger partial charge on any atom is -0.464 e. The van der Waals surface area contributed by atoms with Crippen molar-refractivity contribution in [2.24, 2.45) is 0 Å². The Morgan fingerprint density at radius 1 is 1.44 bits per heavy atom. The maximum atomic E-state index is 11.8. The highest BCUT2D eigenvalue weighted by Gasteiger charge is 2.40. The first-order valence-corrected chi connectivity index (χ1v) is 11.8. The second-order valence-electron chi connectivity index (χ2n) is 7.31. The molecule has 2 aromatic rings. The molecule has 0 bridgehead atoms. The van der Waals surface area contributed by atoms with Gasteiger partial charge in [0.15, 0.2) is 23.5 Å². The van der Waals surface area contributed by atoms with Crippen LogP contribution in [0.3, 0.4) is 0 Å². The molecule has 2 aromatic heterocycles. The van der Waals surface area contributed by atoms with Crippen molar-refractivity contribution in [2.75, 3.05) is 32.1 Å². The van der Waals surface area contributed by atoms with E-state index in [4.69, 9.17) is 19.9 Å². The van der Waals surface area contributed by atoms with Crippen molar-refractivity contribution >= 4 is 30.5 Å². The van der Waals surface area contributed by atoms with Gasteiger partial charge < -0.3 is 34.5 Å². The summed E-state index contributed by atoms with van der Waals surface area (Å²) in [5.74, 6) is -2.49. The van der Waals surface area contributed by atoms with E-state index in [0.29, 0.717) is 43.0 Å². The zero-order chi connectivity index (χ0) is 22.9. The summed E-state index contributed by atoms with van der Waals surface area (Å²) in [6.07, 6.45) is 1.23. The predicted molar refractivity (Wildman–Crippen MR) is 108 cm³/mol. The number of esters is 1. The number of imidazole rings is 1. The van der Waals surface area contributed by atoms with Crippen molar-refractivity contribution in [1.82, 2.24) is 24.8 Å². The van der Waals surface area contributed by atoms with Crippen LogP contribution in [0.1, 0.15) is 38.0 Å². The number of carbonyl (C=O) groups excluding carboxylic acids is 1. The molecule has 0 spiro atoms. The average Bonchev–Trinajstić information content (AvgIpc) is 3.47. The van der Waals surface area contributed by atoms with Crippen LogP contribution in [0.25, 0.3) is 11.2 Å². The van der Waals surface area contributed by atoms with E-state index in [2.05, 4.69) is 25.0 Å². The summed E-state index contributed by atoms with van der Waals surface area (Å²) in [6.45, 7) is 2.54. The molecule has 0 radical (unpaired) electrons. The van der Waals surface area contributed by atoms with Crippen LogP contribution < -0.4 is 11.1 Å². The molecule has 2 saturated heterocycles. The van der Waals surface area contributed by atoms with Gasteiger partial charge in [-0.15, -0.1) is 0 Å². The third-order valence-corrected chi connectivity index (χ3v) is 6.02. The molecule has 4 rings (SSSR count). The molecule has 4 heterocycles. The maximum absolute atomic E-state index is 11.8. The molecule has 15 heteroatoms. The molecule has 32 heavy (non-hydrogen) atoms. The average molecular weight is 472 g/mol. The molecule has 0 aromatic carbocycles. The topological polar surface area (TPSA) is 193 Å². The van der Waals surface area contributed by atoms with Crippen LogP contribution in [0.2, 0.25) is 0 Å². The first-order valence-electron chi connectivity index (χ1n) is 10.1. The van der Waals surface area contributed by atoms with Gasteiger partial charge in [-0.2, -0.15) is 0 Å². The lowest BCUT2D eigenvalue weighted by Crippen LogP contribution is -2.30. The molecule has 2 fully saturated rings. The van der Waals surface area contributed by atoms with E-state index in [1.165, 1.54) is 6.92 Å². The van der Waals surface area contributed by atoms with E-state index in [1.54, 1.807) is 10.9 Å². The predicted octanol–water partition coefficient (Wildman–Crippen LogP) is -0.212. The zero-order valence-electron chi connectivity index (χ0n) is 17.3. The fraction of sp³-hybridized carbons (Fsp3) is 0.647. The Balaban J connectivity index is 1.46. The normalized spacial score (nSPS) is 24.8. The van der Waals surface area contributed by atoms with E-state index >= 15 is 0 Å². The van der Waals surface area contributed by atoms with Gasteiger partial charge in [0.2, 0.25) is 0 Å². The molecule has 0 amide bonds. The Bertz CT molecular complexity index is 1020. The smallest absolute Gasteiger partial charge is 0.365 e. The number of aromatic nitrogens is 4. The van der Waals surface area contributed by atoms with Gasteiger partial charge in [0, 0.05) is 6.54 Å². The lowest BCUT2D eigenvalue weighted by molar-refractivity contribution is -0.154. The van der Waals surface area contributed by atoms with Gasteiger partial charge in [0.1, 0.15) is 11.7 Å². The molecule has 0 aliphatic carbocycles. The van der Waals surface area contributed by atoms with E-state index in [1.807, 2.05) is 0 Å². The van der Waals surface area contributed by atoms with Crippen molar-refractivity contribution < 1.29 is 38.1 Å². The Hall–Kier alpha value is -2.19. The molecule has 14 nitrogen and oxygen atoms in total. The van der Waals surface area contributed by atoms with Crippen LogP contribution in [0.4, 0.5) is 5.82 Å². The molecular formula is C17H25N6O8P. The van der Waals surface area contributed by atoms with Gasteiger partial charge >= 0.3 is 13.6 Å². The molecule has 5 N–H and O–H groups in total. The van der Waals surface area contributed by atoms with Crippen LogP contribution in [0.5, 0.6) is 0 Å². The lowest BCUT2D eigenvalue weighted by atomic mass is 10.2. The van der Waals surface area contributed by atoms with Gasteiger partial charge in [-0.25, -0.2) is 19.7 Å². The summed E-state index contributed by atoms with van der Waals surface area (Å²) < 4.78 is 34.7. The Kier molecular flexibility index (Phi) is 6.72. The van der Waals surface area contributed by atoms with Gasteiger partial charge in [0.05, 0.1) is 32.3 Å². The monoisotopic (exact) mass is 472 g/mol. The number of rotatable bonds is 8. The summed E-state index contributed by atoms with van der Waals surface area (Å²) in [5, 5.41) is 3.13. The molecular weight excluding hydrogens is 447 g/mol. The summed E-state index contributed by atoms with van der Waals surface area (Å²) in [7, 11) is -4.85. The van der Waals surface area contributed by atoms with Gasteiger partial charge in [-0.05, 0) is 19.8 Å². The SMILES string of the molecule is CCOC(=O)C(OC[C@@H]1CC[C@H](n2cnc3c(N)nc(C4NCCO4)nc32)O1)P(=O)(O)O. The summed E-state index contributed by atoms with van der Waals surface area (Å²) in [5.41, 5.74) is 6.96. The van der Waals surface area contributed by atoms with Crippen molar-refractivity contribution in [3.8, 4) is 0 Å². The van der Waals surface area contributed by atoms with Crippen LogP contribution in [-0.4, -0.2) is 73.6 Å². The largest absolute Gasteiger partial charge is 0.464 e. The summed E-state index contributed by atoms with van der Waals surface area (Å²) >= 11 is 0. The quantitative estimate of drug-likeness (QED) is 0.291. The zero-order valence-corrected chi connectivity index (χ0v) is 18.2. The Labute approximate surface area is 182 Å². The highest BCUT2D eigenvalue weighted by atomic mass is 31.2. The second-order valence-corrected chi connectivity index (χ2v) is 8.96. The Morgan fingerprint density at radius 2 is 2.25 bits per heavy atom. The molecule has 2 unspecified atom stereocenters. The van der Waals surface area contributed by atoms with Crippen molar-refractivity contribution in [3.63, 3.8) is 0 Å². The first-order chi connectivity index (χ1) is 15.3. The maximum Gasteiger partial charge on any atom is 0.365 e. The van der Waals surface area contributed by atoms with Crippen molar-refractivity contribution in [2.45, 2.75) is 44.2 Å². The fourth-order valence-electron chi connectivity index (χ4n) is 3.60. The van der Waals surface area contributed by atoms with Gasteiger partial charge in [-0.1, -0.05) is 0 Å². The van der Waals surface area contributed by atoms with Crippen LogP contribution in [0, 0.1) is 0 Å². The molecule has 4 atom stereocenters. The first kappa shape index (κ1) is 23.0. The van der Waals surface area contributed by atoms with Gasteiger partial charge in [-0.3, -0.25) is 14.4 Å². The third-order valence-electron chi connectivity index (χ3n) is 5.05. The van der Waals surface area contributed by atoms with Crippen LogP contribution in [-0.2, 0) is 28.3 Å². The van der Waals surface area contributed by atoms with Crippen LogP contribution in [0.15, 0.2) is 6.33 Å². The number of nitrogen functional groups attached to an aromatic ring is 1. The number of ether oxygens (including phenoxy) is 4. The summed E-state index contributed by atoms with van der Waals surface area (Å²) in [4.78, 5) is 43.7. The van der Waals surface area contributed by atoms with Crippen LogP contribution >= 0.6 is 7.60 Å². The standard InChI is InChI=1S/C17H25N6O8P/c1-2-28-16(24)17(32(25,26)27)30-7-9-3-4-10(31-9)23-8-20-11-12(18)21-13(22-14(11)23)15-19-5-6-29-15/h8-10,15,17,19H,2-7H2,1H3,(H2,18,21,22)(H2,25,26,27)/t9-,10+,15?,17?/m0/s1. The second kappa shape index (κ2) is 9.35. The lowest BCUT2D eigenvalue weighted by Gasteiger charge is -2.20. The van der Waals surface area contributed by atoms with E-state index < -0.39 is 38.0 Å². The highest BCUT2D eigenvalue weighted by Crippen LogP contribution is 2.43. The molecule has 2 aliphatic rings. The van der Waals surface area contributed by atoms with E-state index in [0.717, 1.165) is 0 Å². The number of fused-ring (bicyclic) bond motifs is 1. The minimum atomic E-state index is -4.85. The van der Waals surface area contributed by atoms with Gasteiger partial charge in [0.25, 0.3) is 5.85 Å². The summed E-state index contributed by atoms with van der Waals surface area (Å²) in [6, 6.07) is 0. The number of hydrogen-bond acceptors (Lipinski definition) is 11. The van der Waals surface area contributed by atoms with Crippen molar-refractivity contribution in [3.05, 3.63) is 12.2 Å². The third kappa shape index (κ3) is 4.76. The van der Waals surface area contributed by atoms with E-state index in [-0.39, 0.29) is 19.0 Å². The number of carbonyl (C=O) groups is 1. The Morgan fingerprint density at radius 3 is 2.94 bits per heavy atom. The number of nitrogens with zero attached hydrogens (tertiary/aromatic N) is 4. The minimum absolute atomic E-state index is 0.0250. The van der Waals surface area contributed by atoms with E-state index in [9.17, 15) is 19.1 Å². The number of hydrogen-bond donors (Lipinski definition) is 4. The molecule has 176 valence electrons. The molecule has 2 aliphatic heterocycles. The molecule has 0 saturated carbocycles. The van der Waals surface area contributed by atoms with Crippen molar-refractivity contribution in [1.29, 1.82) is 0 Å². The number of nitrogens with two attached hydrogens (primary N) is 1. The number of anilines is 1. The highest BCUT2D eigenvalue weighted by molar-refractivity contribution is 7.53. The fourth-order valence-corrected chi connectivity index (χ4v) is 4.23. The number of nitrogens with one attached hydrogen (secondary N) is 1.